The SMILES string of the molecule is CCc1oc2ccccc2c1CNC(C)(C)CCO. The van der Waals surface area contributed by atoms with Crippen molar-refractivity contribution in [3.63, 3.8) is 0 Å². The van der Waals surface area contributed by atoms with Crippen molar-refractivity contribution in [2.75, 3.05) is 6.61 Å². The van der Waals surface area contributed by atoms with E-state index < -0.39 is 0 Å². The van der Waals surface area contributed by atoms with Crippen LogP contribution in [0.4, 0.5) is 0 Å². The summed E-state index contributed by atoms with van der Waals surface area (Å²) in [5, 5.41) is 13.8. The maximum absolute atomic E-state index is 9.07. The maximum atomic E-state index is 9.07. The van der Waals surface area contributed by atoms with Gasteiger partial charge >= 0.3 is 0 Å². The zero-order valence-electron chi connectivity index (χ0n) is 12.0. The first kappa shape index (κ1) is 14.1. The first-order valence-corrected chi connectivity index (χ1v) is 6.92. The van der Waals surface area contributed by atoms with Crippen molar-refractivity contribution >= 4 is 11.0 Å². The third-order valence-corrected chi connectivity index (χ3v) is 3.58. The number of aliphatic hydroxyl groups excluding tert-OH is 1. The van der Waals surface area contributed by atoms with Crippen molar-refractivity contribution < 1.29 is 9.52 Å². The van der Waals surface area contributed by atoms with Crippen LogP contribution in [-0.4, -0.2) is 17.3 Å². The Labute approximate surface area is 114 Å². The molecule has 0 saturated carbocycles. The lowest BCUT2D eigenvalue weighted by atomic mass is 10.00. The van der Waals surface area contributed by atoms with Gasteiger partial charge in [0.15, 0.2) is 0 Å². The van der Waals surface area contributed by atoms with Gasteiger partial charge in [-0.1, -0.05) is 25.1 Å². The van der Waals surface area contributed by atoms with Gasteiger partial charge in [-0.2, -0.15) is 0 Å². The van der Waals surface area contributed by atoms with Crippen LogP contribution in [0.15, 0.2) is 28.7 Å². The molecule has 0 saturated heterocycles. The van der Waals surface area contributed by atoms with Gasteiger partial charge in [0.25, 0.3) is 0 Å². The predicted molar refractivity (Wildman–Crippen MR) is 78.2 cm³/mol. The van der Waals surface area contributed by atoms with Crippen molar-refractivity contribution in [3.8, 4) is 0 Å². The second-order valence-corrected chi connectivity index (χ2v) is 5.56. The van der Waals surface area contributed by atoms with Crippen molar-refractivity contribution in [2.24, 2.45) is 0 Å². The van der Waals surface area contributed by atoms with Crippen molar-refractivity contribution in [2.45, 2.75) is 45.7 Å². The van der Waals surface area contributed by atoms with Crippen LogP contribution in [0.25, 0.3) is 11.0 Å². The third-order valence-electron chi connectivity index (χ3n) is 3.58. The molecule has 2 N–H and O–H groups in total. The Kier molecular flexibility index (Phi) is 4.27. The van der Waals surface area contributed by atoms with E-state index in [1.165, 1.54) is 10.9 Å². The minimum absolute atomic E-state index is 0.0713. The Bertz CT molecular complexity index is 543. The van der Waals surface area contributed by atoms with E-state index in [4.69, 9.17) is 9.52 Å². The molecule has 3 nitrogen and oxygen atoms in total. The summed E-state index contributed by atoms with van der Waals surface area (Å²) in [5.74, 6) is 1.05. The van der Waals surface area contributed by atoms with E-state index in [1.807, 2.05) is 18.2 Å². The molecule has 0 radical (unpaired) electrons. The molecule has 1 heterocycles. The highest BCUT2D eigenvalue weighted by Gasteiger charge is 2.19. The number of benzene rings is 1. The Morgan fingerprint density at radius 3 is 2.68 bits per heavy atom. The number of nitrogens with one attached hydrogen (secondary N) is 1. The van der Waals surface area contributed by atoms with Crippen molar-refractivity contribution in [1.29, 1.82) is 0 Å². The molecule has 1 aromatic carbocycles. The second-order valence-electron chi connectivity index (χ2n) is 5.56. The maximum Gasteiger partial charge on any atom is 0.134 e. The van der Waals surface area contributed by atoms with Crippen molar-refractivity contribution in [3.05, 3.63) is 35.6 Å². The highest BCUT2D eigenvalue weighted by Crippen LogP contribution is 2.26. The van der Waals surface area contributed by atoms with Gasteiger partial charge in [0.1, 0.15) is 11.3 Å². The minimum atomic E-state index is -0.0713. The summed E-state index contributed by atoms with van der Waals surface area (Å²) in [4.78, 5) is 0. The molecule has 2 rings (SSSR count). The number of para-hydroxylation sites is 1. The van der Waals surface area contributed by atoms with Gasteiger partial charge in [-0.05, 0) is 26.3 Å². The lowest BCUT2D eigenvalue weighted by molar-refractivity contribution is 0.230. The molecule has 0 spiro atoms. The Hall–Kier alpha value is -1.32. The van der Waals surface area contributed by atoms with Crippen LogP contribution < -0.4 is 5.32 Å². The van der Waals surface area contributed by atoms with Crippen LogP contribution in [0.5, 0.6) is 0 Å². The summed E-state index contributed by atoms with van der Waals surface area (Å²) < 4.78 is 5.88. The van der Waals surface area contributed by atoms with Crippen LogP contribution >= 0.6 is 0 Å². The Morgan fingerprint density at radius 2 is 2.00 bits per heavy atom. The summed E-state index contributed by atoms with van der Waals surface area (Å²) >= 11 is 0. The number of rotatable bonds is 6. The average molecular weight is 261 g/mol. The number of aryl methyl sites for hydroxylation is 1. The average Bonchev–Trinajstić information content (AvgIpc) is 2.74. The van der Waals surface area contributed by atoms with E-state index >= 15 is 0 Å². The Morgan fingerprint density at radius 1 is 1.26 bits per heavy atom. The standard InChI is InChI=1S/C16H23NO2/c1-4-14-13(11-17-16(2,3)9-10-18)12-7-5-6-8-15(12)19-14/h5-8,17-18H,4,9-11H2,1-3H3. The highest BCUT2D eigenvalue weighted by molar-refractivity contribution is 5.82. The van der Waals surface area contributed by atoms with Crippen LogP contribution in [0.2, 0.25) is 0 Å². The molecule has 0 unspecified atom stereocenters. The number of fused-ring (bicyclic) bond motifs is 1. The second kappa shape index (κ2) is 5.76. The first-order chi connectivity index (χ1) is 9.07. The van der Waals surface area contributed by atoms with Gasteiger partial charge < -0.3 is 14.8 Å². The summed E-state index contributed by atoms with van der Waals surface area (Å²) in [7, 11) is 0. The molecular weight excluding hydrogens is 238 g/mol. The summed E-state index contributed by atoms with van der Waals surface area (Å²) in [5.41, 5.74) is 2.12. The van der Waals surface area contributed by atoms with Crippen LogP contribution in [0.3, 0.4) is 0 Å². The van der Waals surface area contributed by atoms with E-state index in [-0.39, 0.29) is 12.1 Å². The highest BCUT2D eigenvalue weighted by atomic mass is 16.3. The fourth-order valence-electron chi connectivity index (χ4n) is 2.32. The van der Waals surface area contributed by atoms with Gasteiger partial charge in [0.2, 0.25) is 0 Å². The molecule has 0 fully saturated rings. The van der Waals surface area contributed by atoms with E-state index in [0.29, 0.717) is 0 Å². The molecule has 0 bridgehead atoms. The molecule has 0 aliphatic rings. The van der Waals surface area contributed by atoms with Gasteiger partial charge in [0, 0.05) is 36.1 Å². The number of hydrogen-bond donors (Lipinski definition) is 2. The summed E-state index contributed by atoms with van der Waals surface area (Å²) in [6, 6.07) is 8.16. The largest absolute Gasteiger partial charge is 0.461 e. The van der Waals surface area contributed by atoms with Gasteiger partial charge in [-0.25, -0.2) is 0 Å². The molecular formula is C16H23NO2. The molecule has 0 amide bonds. The van der Waals surface area contributed by atoms with Gasteiger partial charge in [0.05, 0.1) is 0 Å². The molecule has 19 heavy (non-hydrogen) atoms. The molecule has 0 atom stereocenters. The Balaban J connectivity index is 2.24. The zero-order chi connectivity index (χ0) is 13.9. The summed E-state index contributed by atoms with van der Waals surface area (Å²) in [6.45, 7) is 7.30. The predicted octanol–water partition coefficient (Wildman–Crippen LogP) is 3.25. The normalized spacial score (nSPS) is 12.2. The topological polar surface area (TPSA) is 45.4 Å². The van der Waals surface area contributed by atoms with Gasteiger partial charge in [-0.3, -0.25) is 0 Å². The van der Waals surface area contributed by atoms with Crippen LogP contribution in [-0.2, 0) is 13.0 Å². The molecule has 0 aliphatic carbocycles. The fraction of sp³-hybridized carbons (Fsp3) is 0.500. The number of furan rings is 1. The fourth-order valence-corrected chi connectivity index (χ4v) is 2.32. The zero-order valence-corrected chi connectivity index (χ0v) is 12.0. The first-order valence-electron chi connectivity index (χ1n) is 6.92. The van der Waals surface area contributed by atoms with Crippen LogP contribution in [0, 0.1) is 0 Å². The quantitative estimate of drug-likeness (QED) is 0.839. The minimum Gasteiger partial charge on any atom is -0.461 e. The monoisotopic (exact) mass is 261 g/mol. The van der Waals surface area contributed by atoms with E-state index in [0.717, 1.165) is 30.7 Å². The number of aliphatic hydroxyl groups is 1. The molecule has 3 heteroatoms. The van der Waals surface area contributed by atoms with Crippen molar-refractivity contribution in [1.82, 2.24) is 5.32 Å². The molecule has 104 valence electrons. The smallest absolute Gasteiger partial charge is 0.134 e. The van der Waals surface area contributed by atoms with E-state index in [2.05, 4.69) is 32.2 Å². The van der Waals surface area contributed by atoms with E-state index in [1.54, 1.807) is 0 Å². The molecule has 1 aromatic heterocycles. The van der Waals surface area contributed by atoms with Gasteiger partial charge in [-0.15, -0.1) is 0 Å². The molecule has 0 aliphatic heterocycles. The lowest BCUT2D eigenvalue weighted by Gasteiger charge is -2.25. The van der Waals surface area contributed by atoms with Crippen LogP contribution in [0.1, 0.15) is 38.5 Å². The number of hydrogen-bond acceptors (Lipinski definition) is 3. The molecule has 2 aromatic rings. The summed E-state index contributed by atoms with van der Waals surface area (Å²) in [6.07, 6.45) is 1.64. The van der Waals surface area contributed by atoms with E-state index in [9.17, 15) is 0 Å². The third kappa shape index (κ3) is 3.17. The lowest BCUT2D eigenvalue weighted by Crippen LogP contribution is -2.39.